The first-order valence-corrected chi connectivity index (χ1v) is 29.4. The molecule has 0 N–H and O–H groups in total. The summed E-state index contributed by atoms with van der Waals surface area (Å²) in [5.41, 5.74) is 0. The summed E-state index contributed by atoms with van der Waals surface area (Å²) in [6.45, 7) is 0. The molecule has 9 aromatic rings. The summed E-state index contributed by atoms with van der Waals surface area (Å²) in [4.78, 5) is 0. The van der Waals surface area contributed by atoms with E-state index in [0.717, 1.165) is 0 Å². The van der Waals surface area contributed by atoms with E-state index in [1.807, 2.05) is 0 Å². The Balaban J connectivity index is 1.23. The molecule has 9 rings (SSSR count). The summed E-state index contributed by atoms with van der Waals surface area (Å²) < 4.78 is 13.1. The van der Waals surface area contributed by atoms with E-state index in [0.29, 0.717) is 0 Å². The average Bonchev–Trinajstić information content (AvgIpc) is 3.30. The Morgan fingerprint density at radius 2 is 0.379 bits per heavy atom. The van der Waals surface area contributed by atoms with Crippen LogP contribution in [0.25, 0.3) is 0 Å². The van der Waals surface area contributed by atoms with Crippen LogP contribution in [0.2, 0.25) is 0 Å². The monoisotopic (exact) mass is 946 g/mol. The van der Waals surface area contributed by atoms with Crippen LogP contribution in [0.5, 0.6) is 0 Å². The van der Waals surface area contributed by atoms with Gasteiger partial charge in [-0.05, 0) is 0 Å². The zero-order valence-corrected chi connectivity index (χ0v) is 38.6. The molecule has 0 atom stereocenters. The zero-order valence-electron chi connectivity index (χ0n) is 32.0. The van der Waals surface area contributed by atoms with E-state index in [2.05, 4.69) is 255 Å². The van der Waals surface area contributed by atoms with E-state index in [4.69, 9.17) is 0 Å². The third-order valence-corrected chi connectivity index (χ3v) is 27.8. The van der Waals surface area contributed by atoms with Crippen molar-refractivity contribution in [3.05, 3.63) is 255 Å². The topological polar surface area (TPSA) is 0 Å². The number of rotatable bonds is 12. The molecule has 0 heterocycles. The quantitative estimate of drug-likeness (QED) is 0.120. The minimum absolute atomic E-state index is 0.912. The predicted molar refractivity (Wildman–Crippen MR) is 258 cm³/mol. The van der Waals surface area contributed by atoms with Crippen molar-refractivity contribution in [1.82, 2.24) is 0 Å². The van der Waals surface area contributed by atoms with E-state index in [1.165, 1.54) is 55.1 Å². The Kier molecular flexibility index (Phi) is 12.5. The molecule has 0 aliphatic carbocycles. The van der Waals surface area contributed by atoms with Crippen molar-refractivity contribution in [2.24, 2.45) is 0 Å². The van der Waals surface area contributed by atoms with Gasteiger partial charge in [0.2, 0.25) is 0 Å². The fourth-order valence-corrected chi connectivity index (χ4v) is 25.4. The minimum atomic E-state index is -1.85. The maximum atomic E-state index is 2.58. The summed E-state index contributed by atoms with van der Waals surface area (Å²) in [6, 6.07) is 96.5. The van der Waals surface area contributed by atoms with Crippen molar-refractivity contribution in [3.8, 4) is 0 Å². The summed E-state index contributed by atoms with van der Waals surface area (Å²) in [6.07, 6.45) is 0. The van der Waals surface area contributed by atoms with Gasteiger partial charge in [0.15, 0.2) is 0 Å². The Bertz CT molecular complexity index is 2260. The van der Waals surface area contributed by atoms with Gasteiger partial charge >= 0.3 is 362 Å². The second-order valence-corrected chi connectivity index (χ2v) is 30.1. The van der Waals surface area contributed by atoms with Gasteiger partial charge in [0.1, 0.15) is 0 Å². The van der Waals surface area contributed by atoms with Crippen molar-refractivity contribution in [2.75, 3.05) is 0 Å². The van der Waals surface area contributed by atoms with E-state index in [1.54, 1.807) is 0 Å². The fraction of sp³-hybridized carbons (Fsp3) is 0. The van der Waals surface area contributed by atoms with Crippen LogP contribution in [0, 0.1) is 0 Å². The molecule has 0 aliphatic heterocycles. The molecule has 0 fully saturated rings. The van der Waals surface area contributed by atoms with Gasteiger partial charge in [0.25, 0.3) is 0 Å². The van der Waals surface area contributed by atoms with Gasteiger partial charge in [-0.2, -0.15) is 0 Å². The third kappa shape index (κ3) is 8.74. The van der Waals surface area contributed by atoms with Crippen LogP contribution >= 0.6 is 7.92 Å². The summed E-state index contributed by atoms with van der Waals surface area (Å²) in [5, 5.41) is 4.22. The number of benzene rings is 9. The van der Waals surface area contributed by atoms with Gasteiger partial charge in [0, 0.05) is 0 Å². The Labute approximate surface area is 358 Å². The average molecular weight is 947 g/mol. The van der Waals surface area contributed by atoms with Gasteiger partial charge in [-0.1, -0.05) is 0 Å². The van der Waals surface area contributed by atoms with E-state index in [-0.39, 0.29) is 0 Å². The van der Waals surface area contributed by atoms with Gasteiger partial charge in [-0.25, -0.2) is 0 Å². The third-order valence-electron chi connectivity index (χ3n) is 10.1. The molecule has 0 aliphatic rings. The molecular weight excluding hydrogens is 904 g/mol. The van der Waals surface area contributed by atoms with Crippen LogP contribution in [-0.4, -0.2) is 44.0 Å². The summed E-state index contributed by atoms with van der Waals surface area (Å²) >= 11 is -5.55. The van der Waals surface area contributed by atoms with Gasteiger partial charge in [0.05, 0.1) is 0 Å². The summed E-state index contributed by atoms with van der Waals surface area (Å²) in [5.74, 6) is 0. The van der Waals surface area contributed by atoms with Crippen LogP contribution in [0.4, 0.5) is 0 Å². The molecule has 278 valence electrons. The molecule has 0 unspecified atom stereocenters. The van der Waals surface area contributed by atoms with Gasteiger partial charge in [-0.3, -0.25) is 0 Å². The Hall–Kier alpha value is -4.91. The second-order valence-electron chi connectivity index (χ2n) is 13.9. The van der Waals surface area contributed by atoms with Crippen LogP contribution in [0.15, 0.2) is 255 Å². The Morgan fingerprint density at radius 3 is 0.586 bits per heavy atom. The van der Waals surface area contributed by atoms with Crippen molar-refractivity contribution in [2.45, 2.75) is 0 Å². The van der Waals surface area contributed by atoms with Crippen LogP contribution in [-0.2, 0) is 0 Å². The van der Waals surface area contributed by atoms with Gasteiger partial charge in [-0.15, -0.1) is 0 Å². The first-order valence-electron chi connectivity index (χ1n) is 19.6. The first kappa shape index (κ1) is 38.6. The molecule has 0 saturated carbocycles. The molecule has 0 spiro atoms. The number of hydrogen-bond acceptors (Lipinski definition) is 0. The normalized spacial score (nSPS) is 11.4. The summed E-state index contributed by atoms with van der Waals surface area (Å²) in [7, 11) is -0.912. The molecule has 0 aromatic heterocycles. The molecule has 9 aromatic carbocycles. The molecule has 0 bridgehead atoms. The number of hydrogen-bond donors (Lipinski definition) is 0. The van der Waals surface area contributed by atoms with Crippen LogP contribution < -0.4 is 55.1 Å². The van der Waals surface area contributed by atoms with Crippen molar-refractivity contribution >= 4 is 107 Å². The van der Waals surface area contributed by atoms with E-state index >= 15 is 0 Å². The Morgan fingerprint density at radius 1 is 0.190 bits per heavy atom. The fourth-order valence-electron chi connectivity index (χ4n) is 7.56. The van der Waals surface area contributed by atoms with E-state index < -0.39 is 51.9 Å². The van der Waals surface area contributed by atoms with E-state index in [9.17, 15) is 0 Å². The zero-order chi connectivity index (χ0) is 38.9. The molecule has 0 amide bonds. The molecule has 0 saturated heterocycles. The van der Waals surface area contributed by atoms with Crippen LogP contribution in [0.1, 0.15) is 0 Å². The molecule has 0 radical (unpaired) electrons. The van der Waals surface area contributed by atoms with Crippen molar-refractivity contribution < 1.29 is 0 Å². The van der Waals surface area contributed by atoms with Crippen molar-refractivity contribution in [1.29, 1.82) is 0 Å². The SMILES string of the molecule is c1ccc([As](c2ccccc2)c2cccc(P(c3cccc([As](c4ccccc4)c4ccccc4)c3)c3cccc([As](c4ccccc4)c4ccccc4)c3)c2)cc1. The molecular formula is C54H42As3P. The molecule has 4 heteroatoms. The van der Waals surface area contributed by atoms with Crippen LogP contribution in [0.3, 0.4) is 0 Å². The van der Waals surface area contributed by atoms with Crippen molar-refractivity contribution in [3.63, 3.8) is 0 Å². The standard InChI is InChI=1S/C54H42As3P/c1-7-22-43(23-8-1)55(44-24-9-2-10-25-44)49-34-19-37-52(40-49)58(53-38-20-35-50(41-53)56(45-26-11-3-12-27-45)46-28-13-4-14-29-46)54-39-21-36-51(42-54)57(47-30-15-5-16-31-47)48-32-17-6-18-33-48/h1-42H. The maximum absolute atomic E-state index is 2.58. The molecule has 58 heavy (non-hydrogen) atoms. The second kappa shape index (κ2) is 18.8. The molecule has 0 nitrogen and oxygen atoms in total. The van der Waals surface area contributed by atoms with Gasteiger partial charge < -0.3 is 0 Å². The predicted octanol–water partition coefficient (Wildman–Crippen LogP) is 4.99. The first-order chi connectivity index (χ1) is 28.8.